The zero-order valence-electron chi connectivity index (χ0n) is 12.2. The maximum absolute atomic E-state index is 5.48. The highest BCUT2D eigenvalue weighted by molar-refractivity contribution is 5.44. The molecule has 0 spiro atoms. The van der Waals surface area contributed by atoms with Gasteiger partial charge in [-0.15, -0.1) is 0 Å². The summed E-state index contributed by atoms with van der Waals surface area (Å²) in [4.78, 5) is 17.5. The smallest absolute Gasteiger partial charge is 0.243 e. The van der Waals surface area contributed by atoms with Gasteiger partial charge in [0.15, 0.2) is 0 Å². The fraction of sp³-hybridized carbons (Fsp3) is 0.769. The molecule has 3 rings (SSSR count). The quantitative estimate of drug-likeness (QED) is 0.564. The molecule has 0 saturated heterocycles. The molecule has 0 aromatic carbocycles. The largest absolute Gasteiger partial charge is 0.347 e. The zero-order chi connectivity index (χ0) is 14.1. The molecule has 1 aromatic heterocycles. The Bertz CT molecular complexity index is 454. The predicted octanol–water partition coefficient (Wildman–Crippen LogP) is 0.850. The topological polar surface area (TPSA) is 83.2 Å². The van der Waals surface area contributed by atoms with Crippen LogP contribution in [0.3, 0.4) is 0 Å². The summed E-state index contributed by atoms with van der Waals surface area (Å²) in [5, 5.41) is 0. The summed E-state index contributed by atoms with van der Waals surface area (Å²) < 4.78 is 0. The lowest BCUT2D eigenvalue weighted by molar-refractivity contribution is 0.659. The number of aromatic nitrogens is 3. The first-order chi connectivity index (χ1) is 9.65. The van der Waals surface area contributed by atoms with E-state index in [1.165, 1.54) is 25.7 Å². The van der Waals surface area contributed by atoms with E-state index in [-0.39, 0.29) is 0 Å². The maximum atomic E-state index is 5.48. The van der Waals surface area contributed by atoms with Crippen molar-refractivity contribution in [3.63, 3.8) is 0 Å². The summed E-state index contributed by atoms with van der Waals surface area (Å²) in [6.45, 7) is 2.11. The van der Waals surface area contributed by atoms with E-state index in [4.69, 9.17) is 5.84 Å². The molecule has 1 aromatic rings. The van der Waals surface area contributed by atoms with Crippen LogP contribution in [0.15, 0.2) is 0 Å². The van der Waals surface area contributed by atoms with Crippen molar-refractivity contribution in [1.29, 1.82) is 0 Å². The number of anilines is 3. The first-order valence-corrected chi connectivity index (χ1v) is 7.30. The number of nitrogens with one attached hydrogen (secondary N) is 1. The van der Waals surface area contributed by atoms with Crippen LogP contribution in [0.25, 0.3) is 0 Å². The lowest BCUT2D eigenvalue weighted by Gasteiger charge is -2.24. The summed E-state index contributed by atoms with van der Waals surface area (Å²) in [7, 11) is 3.84. The van der Waals surface area contributed by atoms with Crippen LogP contribution in [-0.4, -0.2) is 42.1 Å². The predicted molar refractivity (Wildman–Crippen MR) is 79.6 cm³/mol. The van der Waals surface area contributed by atoms with Gasteiger partial charge >= 0.3 is 0 Å². The SMILES string of the molecule is CN(C)c1nc(NN)nc(N(CC2CC2)CC2CC2)n1. The molecular weight excluding hydrogens is 254 g/mol. The lowest BCUT2D eigenvalue weighted by atomic mass is 10.3. The number of nitrogens with two attached hydrogens (primary N) is 1. The van der Waals surface area contributed by atoms with Crippen LogP contribution >= 0.6 is 0 Å². The number of nitrogens with zero attached hydrogens (tertiary/aromatic N) is 5. The molecule has 0 amide bonds. The number of hydrogen-bond acceptors (Lipinski definition) is 7. The van der Waals surface area contributed by atoms with Gasteiger partial charge in [0.05, 0.1) is 0 Å². The Kier molecular flexibility index (Phi) is 3.60. The van der Waals surface area contributed by atoms with E-state index in [0.29, 0.717) is 11.9 Å². The molecule has 0 unspecified atom stereocenters. The molecule has 7 heteroatoms. The van der Waals surface area contributed by atoms with Crippen molar-refractivity contribution in [2.24, 2.45) is 17.7 Å². The minimum atomic E-state index is 0.426. The Morgan fingerprint density at radius 1 is 1.00 bits per heavy atom. The minimum Gasteiger partial charge on any atom is -0.347 e. The second kappa shape index (κ2) is 5.40. The second-order valence-electron chi connectivity index (χ2n) is 6.09. The molecule has 2 saturated carbocycles. The van der Waals surface area contributed by atoms with Crippen LogP contribution in [0, 0.1) is 11.8 Å². The highest BCUT2D eigenvalue weighted by Gasteiger charge is 2.30. The standard InChI is InChI=1S/C13H23N7/c1-19(2)12-15-11(18-14)16-13(17-12)20(7-9-3-4-9)8-10-5-6-10/h9-10H,3-8,14H2,1-2H3,(H,15,16,17,18). The van der Waals surface area contributed by atoms with Crippen LogP contribution < -0.4 is 21.1 Å². The summed E-state index contributed by atoms with van der Waals surface area (Å²) in [5.41, 5.74) is 2.54. The van der Waals surface area contributed by atoms with Gasteiger partial charge in [-0.25, -0.2) is 5.84 Å². The average Bonchev–Trinajstić information content (AvgIpc) is 3.32. The fourth-order valence-electron chi connectivity index (χ4n) is 2.22. The molecule has 0 atom stereocenters. The van der Waals surface area contributed by atoms with Crippen molar-refractivity contribution in [1.82, 2.24) is 15.0 Å². The highest BCUT2D eigenvalue weighted by Crippen LogP contribution is 2.35. The van der Waals surface area contributed by atoms with Crippen molar-refractivity contribution in [2.45, 2.75) is 25.7 Å². The van der Waals surface area contributed by atoms with E-state index in [2.05, 4.69) is 25.3 Å². The number of hydrogen-bond donors (Lipinski definition) is 2. The van der Waals surface area contributed by atoms with Gasteiger partial charge in [0.1, 0.15) is 0 Å². The molecule has 1 heterocycles. The van der Waals surface area contributed by atoms with Crippen LogP contribution in [0.2, 0.25) is 0 Å². The molecule has 7 nitrogen and oxygen atoms in total. The number of nitrogen functional groups attached to an aromatic ring is 1. The molecular formula is C13H23N7. The molecule has 2 aliphatic rings. The van der Waals surface area contributed by atoms with Gasteiger partial charge in [0.2, 0.25) is 17.8 Å². The molecule has 20 heavy (non-hydrogen) atoms. The minimum absolute atomic E-state index is 0.426. The molecule has 2 aliphatic carbocycles. The van der Waals surface area contributed by atoms with Crippen LogP contribution in [-0.2, 0) is 0 Å². The molecule has 3 N–H and O–H groups in total. The molecule has 0 radical (unpaired) electrons. The average molecular weight is 277 g/mol. The molecule has 0 aliphatic heterocycles. The van der Waals surface area contributed by atoms with E-state index >= 15 is 0 Å². The van der Waals surface area contributed by atoms with Gasteiger partial charge < -0.3 is 9.80 Å². The summed E-state index contributed by atoms with van der Waals surface area (Å²) in [6, 6.07) is 0. The molecule has 2 fully saturated rings. The van der Waals surface area contributed by atoms with Gasteiger partial charge in [-0.2, -0.15) is 15.0 Å². The van der Waals surface area contributed by atoms with E-state index in [0.717, 1.165) is 30.9 Å². The van der Waals surface area contributed by atoms with E-state index in [1.54, 1.807) is 0 Å². The maximum Gasteiger partial charge on any atom is 0.243 e. The lowest BCUT2D eigenvalue weighted by Crippen LogP contribution is -2.31. The van der Waals surface area contributed by atoms with Crippen molar-refractivity contribution < 1.29 is 0 Å². The third-order valence-electron chi connectivity index (χ3n) is 3.77. The fourth-order valence-corrected chi connectivity index (χ4v) is 2.22. The number of hydrazine groups is 1. The van der Waals surface area contributed by atoms with Gasteiger partial charge in [-0.1, -0.05) is 0 Å². The van der Waals surface area contributed by atoms with Crippen LogP contribution in [0.1, 0.15) is 25.7 Å². The third kappa shape index (κ3) is 3.27. The van der Waals surface area contributed by atoms with Gasteiger partial charge in [0, 0.05) is 27.2 Å². The summed E-state index contributed by atoms with van der Waals surface area (Å²) >= 11 is 0. The first kappa shape index (κ1) is 13.4. The van der Waals surface area contributed by atoms with Crippen LogP contribution in [0.5, 0.6) is 0 Å². The Hall–Kier alpha value is -1.63. The van der Waals surface area contributed by atoms with Gasteiger partial charge in [-0.05, 0) is 37.5 Å². The Morgan fingerprint density at radius 3 is 2.00 bits per heavy atom. The molecule has 110 valence electrons. The number of rotatable bonds is 7. The van der Waals surface area contributed by atoms with Gasteiger partial charge in [-0.3, -0.25) is 5.43 Å². The van der Waals surface area contributed by atoms with Crippen molar-refractivity contribution in [3.8, 4) is 0 Å². The van der Waals surface area contributed by atoms with E-state index < -0.39 is 0 Å². The van der Waals surface area contributed by atoms with Crippen molar-refractivity contribution in [3.05, 3.63) is 0 Å². The van der Waals surface area contributed by atoms with Crippen molar-refractivity contribution >= 4 is 17.8 Å². The van der Waals surface area contributed by atoms with E-state index in [9.17, 15) is 0 Å². The Balaban J connectivity index is 1.84. The zero-order valence-corrected chi connectivity index (χ0v) is 12.2. The van der Waals surface area contributed by atoms with Crippen molar-refractivity contribution in [2.75, 3.05) is 42.4 Å². The first-order valence-electron chi connectivity index (χ1n) is 7.30. The monoisotopic (exact) mass is 277 g/mol. The van der Waals surface area contributed by atoms with E-state index in [1.807, 2.05) is 19.0 Å². The van der Waals surface area contributed by atoms with Crippen LogP contribution in [0.4, 0.5) is 17.8 Å². The Morgan fingerprint density at radius 2 is 1.55 bits per heavy atom. The van der Waals surface area contributed by atoms with Gasteiger partial charge in [0.25, 0.3) is 0 Å². The molecule has 0 bridgehead atoms. The normalized spacial score (nSPS) is 17.9. The highest BCUT2D eigenvalue weighted by atomic mass is 15.4. The second-order valence-corrected chi connectivity index (χ2v) is 6.09. The Labute approximate surface area is 119 Å². The third-order valence-corrected chi connectivity index (χ3v) is 3.77. The summed E-state index contributed by atoms with van der Waals surface area (Å²) in [5.74, 6) is 8.90. The summed E-state index contributed by atoms with van der Waals surface area (Å²) in [6.07, 6.45) is 5.31.